The third kappa shape index (κ3) is 5.12. The average molecular weight is 460 g/mol. The van der Waals surface area contributed by atoms with E-state index >= 15 is 0 Å². The number of nitrogens with zero attached hydrogens (tertiary/aromatic N) is 3. The highest BCUT2D eigenvalue weighted by molar-refractivity contribution is 5.98. The molecule has 2 unspecified atom stereocenters. The van der Waals surface area contributed by atoms with Crippen molar-refractivity contribution in [2.75, 3.05) is 39.3 Å². The number of rotatable bonds is 4. The van der Waals surface area contributed by atoms with Gasteiger partial charge >= 0.3 is 6.09 Å². The van der Waals surface area contributed by atoms with Crippen molar-refractivity contribution in [2.45, 2.75) is 44.8 Å². The standard InChI is InChI=1S/C24H30FN3O5/c1-2-32-24(31)27-13-11-26(12-14-27)22(29)16-28-19-9-5-6-10-20(19)33-21(23(28)30)15-17-7-3-4-8-18(17)25/h3-4,7-8,15,19-20H,2,5-6,9-14,16H2,1H3/b21-15-. The first-order valence-corrected chi connectivity index (χ1v) is 11.6. The van der Waals surface area contributed by atoms with E-state index in [9.17, 15) is 18.8 Å². The zero-order chi connectivity index (χ0) is 23.4. The Hall–Kier alpha value is -3.10. The molecule has 0 bridgehead atoms. The molecule has 1 aliphatic carbocycles. The van der Waals surface area contributed by atoms with Crippen LogP contribution in [0, 0.1) is 5.82 Å². The number of piperazine rings is 1. The summed E-state index contributed by atoms with van der Waals surface area (Å²) in [6.45, 7) is 3.58. The Balaban J connectivity index is 1.47. The van der Waals surface area contributed by atoms with Gasteiger partial charge in [-0.15, -0.1) is 0 Å². The fourth-order valence-corrected chi connectivity index (χ4v) is 4.69. The van der Waals surface area contributed by atoms with Gasteiger partial charge in [0.05, 0.1) is 12.6 Å². The molecule has 8 nitrogen and oxygen atoms in total. The first-order chi connectivity index (χ1) is 16.0. The number of carbonyl (C=O) groups is 3. The van der Waals surface area contributed by atoms with E-state index in [1.807, 2.05) is 0 Å². The van der Waals surface area contributed by atoms with Crippen molar-refractivity contribution in [3.05, 3.63) is 41.4 Å². The summed E-state index contributed by atoms with van der Waals surface area (Å²) >= 11 is 0. The lowest BCUT2D eigenvalue weighted by Gasteiger charge is -2.45. The predicted octanol–water partition coefficient (Wildman–Crippen LogP) is 2.64. The Morgan fingerprint density at radius 3 is 2.55 bits per heavy atom. The van der Waals surface area contributed by atoms with Crippen LogP contribution in [0.1, 0.15) is 38.2 Å². The third-order valence-electron chi connectivity index (χ3n) is 6.47. The van der Waals surface area contributed by atoms with Crippen molar-refractivity contribution in [2.24, 2.45) is 0 Å². The molecule has 178 valence electrons. The number of halogens is 1. The molecule has 0 radical (unpaired) electrons. The van der Waals surface area contributed by atoms with Crippen LogP contribution < -0.4 is 0 Å². The number of ether oxygens (including phenoxy) is 2. The second kappa shape index (κ2) is 10.2. The molecule has 3 amide bonds. The van der Waals surface area contributed by atoms with Crippen molar-refractivity contribution in [3.8, 4) is 0 Å². The van der Waals surface area contributed by atoms with Crippen molar-refractivity contribution in [1.82, 2.24) is 14.7 Å². The largest absolute Gasteiger partial charge is 0.482 e. The average Bonchev–Trinajstić information content (AvgIpc) is 2.83. The minimum absolute atomic E-state index is 0.0582. The van der Waals surface area contributed by atoms with Gasteiger partial charge in [0, 0.05) is 31.7 Å². The van der Waals surface area contributed by atoms with Crippen molar-refractivity contribution >= 4 is 24.0 Å². The second-order valence-electron chi connectivity index (χ2n) is 8.54. The number of benzene rings is 1. The fraction of sp³-hybridized carbons (Fsp3) is 0.542. The molecular formula is C24H30FN3O5. The first-order valence-electron chi connectivity index (χ1n) is 11.6. The summed E-state index contributed by atoms with van der Waals surface area (Å²) < 4.78 is 25.2. The van der Waals surface area contributed by atoms with Crippen LogP contribution in [0.25, 0.3) is 6.08 Å². The van der Waals surface area contributed by atoms with Crippen LogP contribution in [0.3, 0.4) is 0 Å². The van der Waals surface area contributed by atoms with Gasteiger partial charge in [-0.2, -0.15) is 0 Å². The molecule has 9 heteroatoms. The van der Waals surface area contributed by atoms with Crippen LogP contribution in [0.4, 0.5) is 9.18 Å². The minimum atomic E-state index is -0.436. The molecule has 4 rings (SSSR count). The van der Waals surface area contributed by atoms with Gasteiger partial charge in [0.15, 0.2) is 5.76 Å². The SMILES string of the molecule is CCOC(=O)N1CCN(C(=O)CN2C(=O)/C(=C/c3ccccc3F)OC3CCCCC32)CC1. The Bertz CT molecular complexity index is 928. The lowest BCUT2D eigenvalue weighted by molar-refractivity contribution is -0.154. The van der Waals surface area contributed by atoms with E-state index in [0.29, 0.717) is 32.8 Å². The summed E-state index contributed by atoms with van der Waals surface area (Å²) in [7, 11) is 0. The number of hydrogen-bond donors (Lipinski definition) is 0. The van der Waals surface area contributed by atoms with Crippen LogP contribution in [0.5, 0.6) is 0 Å². The molecule has 0 aromatic heterocycles. The maximum absolute atomic E-state index is 14.2. The Morgan fingerprint density at radius 2 is 1.82 bits per heavy atom. The van der Waals surface area contributed by atoms with E-state index in [2.05, 4.69) is 0 Å². The van der Waals surface area contributed by atoms with Gasteiger partial charge in [-0.05, 0) is 38.3 Å². The van der Waals surface area contributed by atoms with Crippen LogP contribution >= 0.6 is 0 Å². The van der Waals surface area contributed by atoms with E-state index in [1.165, 1.54) is 12.1 Å². The number of morpholine rings is 1. The topological polar surface area (TPSA) is 79.4 Å². The maximum Gasteiger partial charge on any atom is 0.409 e. The summed E-state index contributed by atoms with van der Waals surface area (Å²) in [6, 6.07) is 6.03. The second-order valence-corrected chi connectivity index (χ2v) is 8.54. The van der Waals surface area contributed by atoms with Gasteiger partial charge in [0.25, 0.3) is 5.91 Å². The molecular weight excluding hydrogens is 429 g/mol. The van der Waals surface area contributed by atoms with Gasteiger partial charge in [-0.3, -0.25) is 9.59 Å². The number of fused-ring (bicyclic) bond motifs is 1. The van der Waals surface area contributed by atoms with E-state index in [0.717, 1.165) is 25.7 Å². The van der Waals surface area contributed by atoms with E-state index < -0.39 is 5.82 Å². The molecule has 3 aliphatic rings. The molecule has 3 fully saturated rings. The third-order valence-corrected chi connectivity index (χ3v) is 6.47. The highest BCUT2D eigenvalue weighted by Crippen LogP contribution is 2.33. The molecule has 1 aromatic rings. The van der Waals surface area contributed by atoms with E-state index in [1.54, 1.807) is 39.8 Å². The Labute approximate surface area is 192 Å². The van der Waals surface area contributed by atoms with Gasteiger partial charge in [0.1, 0.15) is 18.5 Å². The number of carbonyl (C=O) groups excluding carboxylic acids is 3. The number of amides is 3. The number of hydrogen-bond acceptors (Lipinski definition) is 5. The van der Waals surface area contributed by atoms with Crippen molar-refractivity contribution in [3.63, 3.8) is 0 Å². The summed E-state index contributed by atoms with van der Waals surface area (Å²) in [5, 5.41) is 0. The van der Waals surface area contributed by atoms with Crippen LogP contribution in [0.15, 0.2) is 30.0 Å². The summed E-state index contributed by atoms with van der Waals surface area (Å²) in [5.41, 5.74) is 0.275. The maximum atomic E-state index is 14.2. The summed E-state index contributed by atoms with van der Waals surface area (Å²) in [4.78, 5) is 43.1. The minimum Gasteiger partial charge on any atom is -0.482 e. The zero-order valence-electron chi connectivity index (χ0n) is 18.9. The molecule has 33 heavy (non-hydrogen) atoms. The molecule has 2 atom stereocenters. The van der Waals surface area contributed by atoms with Gasteiger partial charge in [-0.1, -0.05) is 24.6 Å². The van der Waals surface area contributed by atoms with Gasteiger partial charge in [0.2, 0.25) is 5.91 Å². The monoisotopic (exact) mass is 459 g/mol. The van der Waals surface area contributed by atoms with Gasteiger partial charge in [-0.25, -0.2) is 9.18 Å². The van der Waals surface area contributed by atoms with Crippen LogP contribution in [0.2, 0.25) is 0 Å². The first kappa shape index (κ1) is 23.1. The lowest BCUT2D eigenvalue weighted by atomic mass is 9.89. The summed E-state index contributed by atoms with van der Waals surface area (Å²) in [6.07, 6.45) is 4.36. The molecule has 2 saturated heterocycles. The summed E-state index contributed by atoms with van der Waals surface area (Å²) in [5.74, 6) is -0.916. The fourth-order valence-electron chi connectivity index (χ4n) is 4.69. The van der Waals surface area contributed by atoms with Crippen molar-refractivity contribution < 1.29 is 28.2 Å². The van der Waals surface area contributed by atoms with Crippen molar-refractivity contribution in [1.29, 1.82) is 0 Å². The molecule has 0 N–H and O–H groups in total. The Morgan fingerprint density at radius 1 is 1.12 bits per heavy atom. The Kier molecular flexibility index (Phi) is 7.15. The predicted molar refractivity (Wildman–Crippen MR) is 118 cm³/mol. The van der Waals surface area contributed by atoms with Crippen LogP contribution in [-0.4, -0.2) is 84.1 Å². The highest BCUT2D eigenvalue weighted by Gasteiger charge is 2.42. The quantitative estimate of drug-likeness (QED) is 0.647. The molecule has 2 heterocycles. The highest BCUT2D eigenvalue weighted by atomic mass is 19.1. The smallest absolute Gasteiger partial charge is 0.409 e. The van der Waals surface area contributed by atoms with Crippen LogP contribution in [-0.2, 0) is 19.1 Å². The molecule has 2 aliphatic heterocycles. The molecule has 0 spiro atoms. The molecule has 1 aromatic carbocycles. The lowest BCUT2D eigenvalue weighted by Crippen LogP contribution is -2.59. The zero-order valence-corrected chi connectivity index (χ0v) is 18.9. The van der Waals surface area contributed by atoms with Gasteiger partial charge < -0.3 is 24.2 Å². The normalized spacial score (nSPS) is 24.4. The molecule has 1 saturated carbocycles. The van der Waals surface area contributed by atoms with E-state index in [-0.39, 0.29) is 47.9 Å². The van der Waals surface area contributed by atoms with E-state index in [4.69, 9.17) is 9.47 Å².